The molecule has 3 heteroatoms. The molecule has 0 radical (unpaired) electrons. The third kappa shape index (κ3) is 0.926. The molecule has 0 spiro atoms. The van der Waals surface area contributed by atoms with Crippen LogP contribution >= 0.6 is 0 Å². The Kier molecular flexibility index (Phi) is 1.26. The summed E-state index contributed by atoms with van der Waals surface area (Å²) in [6.07, 6.45) is 7.60. The number of hydrogen-bond acceptors (Lipinski definition) is 3. The Labute approximate surface area is 65.0 Å². The zero-order valence-corrected chi connectivity index (χ0v) is 5.94. The molecule has 0 aromatic heterocycles. The van der Waals surface area contributed by atoms with Crippen LogP contribution in [0.4, 0.5) is 0 Å². The lowest BCUT2D eigenvalue weighted by molar-refractivity contribution is 0.392. The Balaban J connectivity index is 2.26. The van der Waals surface area contributed by atoms with Crippen molar-refractivity contribution in [3.63, 3.8) is 0 Å². The zero-order chi connectivity index (χ0) is 7.68. The topological polar surface area (TPSA) is 39.4 Å². The molecule has 0 saturated carbocycles. The smallest absolute Gasteiger partial charge is 0.140 e. The fourth-order valence-electron chi connectivity index (χ4n) is 1.21. The van der Waals surface area contributed by atoms with E-state index in [0.717, 1.165) is 6.54 Å². The summed E-state index contributed by atoms with van der Waals surface area (Å²) < 4.78 is 0. The Hall–Kier alpha value is -1.56. The number of nitrogens with zero attached hydrogens (tertiary/aromatic N) is 3. The predicted molar refractivity (Wildman–Crippen MR) is 41.8 cm³/mol. The monoisotopic (exact) mass is 145 g/mol. The van der Waals surface area contributed by atoms with Crippen LogP contribution in [-0.4, -0.2) is 23.8 Å². The van der Waals surface area contributed by atoms with Gasteiger partial charge < -0.3 is 4.90 Å². The highest BCUT2D eigenvalue weighted by molar-refractivity contribution is 5.63. The summed E-state index contributed by atoms with van der Waals surface area (Å²) in [6, 6.07) is 2.09. The van der Waals surface area contributed by atoms with Gasteiger partial charge in [0, 0.05) is 12.4 Å². The standard InChI is InChI=1S/C8H7N3/c9-5-7-1-2-8-10-3-4-11(8)6-7/h1-3,6,8H,4H2. The Morgan fingerprint density at radius 3 is 3.45 bits per heavy atom. The zero-order valence-electron chi connectivity index (χ0n) is 5.94. The molecule has 0 aromatic rings. The quantitative estimate of drug-likeness (QED) is 0.502. The second-order valence-electron chi connectivity index (χ2n) is 2.50. The van der Waals surface area contributed by atoms with E-state index in [1.807, 2.05) is 29.5 Å². The van der Waals surface area contributed by atoms with Crippen LogP contribution in [0.5, 0.6) is 0 Å². The largest absolute Gasteiger partial charge is 0.346 e. The van der Waals surface area contributed by atoms with E-state index in [1.165, 1.54) is 0 Å². The number of aliphatic imine (C=N–C) groups is 1. The summed E-state index contributed by atoms with van der Waals surface area (Å²) in [5, 5.41) is 8.57. The van der Waals surface area contributed by atoms with Gasteiger partial charge >= 0.3 is 0 Å². The maximum atomic E-state index is 8.57. The summed E-state index contributed by atoms with van der Waals surface area (Å²) in [6.45, 7) is 0.820. The molecular weight excluding hydrogens is 138 g/mol. The highest BCUT2D eigenvalue weighted by Crippen LogP contribution is 2.16. The van der Waals surface area contributed by atoms with Crippen molar-refractivity contribution in [3.05, 3.63) is 23.9 Å². The molecule has 3 nitrogen and oxygen atoms in total. The third-order valence-corrected chi connectivity index (χ3v) is 1.77. The molecule has 0 N–H and O–H groups in total. The van der Waals surface area contributed by atoms with E-state index < -0.39 is 0 Å². The predicted octanol–water partition coefficient (Wildman–Crippen LogP) is 0.676. The molecule has 2 rings (SSSR count). The van der Waals surface area contributed by atoms with Gasteiger partial charge in [-0.25, -0.2) is 0 Å². The van der Waals surface area contributed by atoms with E-state index in [0.29, 0.717) is 5.57 Å². The molecule has 0 saturated heterocycles. The molecular formula is C8H7N3. The van der Waals surface area contributed by atoms with Crippen LogP contribution in [0.1, 0.15) is 0 Å². The van der Waals surface area contributed by atoms with Gasteiger partial charge in [0.25, 0.3) is 0 Å². The van der Waals surface area contributed by atoms with Gasteiger partial charge in [-0.05, 0) is 12.2 Å². The van der Waals surface area contributed by atoms with Crippen LogP contribution in [0.2, 0.25) is 0 Å². The summed E-state index contributed by atoms with van der Waals surface area (Å²) in [4.78, 5) is 6.21. The van der Waals surface area contributed by atoms with Gasteiger partial charge in [-0.1, -0.05) is 0 Å². The molecule has 0 amide bonds. The fraction of sp³-hybridized carbons (Fsp3) is 0.250. The third-order valence-electron chi connectivity index (χ3n) is 1.77. The van der Waals surface area contributed by atoms with Crippen LogP contribution in [0.3, 0.4) is 0 Å². The fourth-order valence-corrected chi connectivity index (χ4v) is 1.21. The van der Waals surface area contributed by atoms with Crippen LogP contribution in [-0.2, 0) is 0 Å². The van der Waals surface area contributed by atoms with Crippen molar-refractivity contribution < 1.29 is 0 Å². The first-order valence-electron chi connectivity index (χ1n) is 3.47. The van der Waals surface area contributed by atoms with Crippen molar-refractivity contribution in [3.8, 4) is 6.07 Å². The van der Waals surface area contributed by atoms with Crippen LogP contribution in [0, 0.1) is 11.3 Å². The van der Waals surface area contributed by atoms with Gasteiger partial charge in [0.2, 0.25) is 0 Å². The van der Waals surface area contributed by atoms with Crippen molar-refractivity contribution in [2.75, 3.05) is 6.54 Å². The van der Waals surface area contributed by atoms with Crippen molar-refractivity contribution >= 4 is 6.21 Å². The Morgan fingerprint density at radius 2 is 2.64 bits per heavy atom. The molecule has 2 aliphatic rings. The molecule has 0 bridgehead atoms. The van der Waals surface area contributed by atoms with E-state index in [1.54, 1.807) is 0 Å². The maximum absolute atomic E-state index is 8.57. The normalized spacial score (nSPS) is 26.3. The van der Waals surface area contributed by atoms with Crippen molar-refractivity contribution in [2.24, 2.45) is 4.99 Å². The minimum Gasteiger partial charge on any atom is -0.346 e. The average molecular weight is 145 g/mol. The molecule has 0 fully saturated rings. The Morgan fingerprint density at radius 1 is 1.73 bits per heavy atom. The molecule has 2 heterocycles. The van der Waals surface area contributed by atoms with Crippen molar-refractivity contribution in [1.82, 2.24) is 4.90 Å². The number of allylic oxidation sites excluding steroid dienone is 2. The highest BCUT2D eigenvalue weighted by atomic mass is 15.3. The van der Waals surface area contributed by atoms with E-state index >= 15 is 0 Å². The van der Waals surface area contributed by atoms with Gasteiger partial charge in [0.15, 0.2) is 0 Å². The first kappa shape index (κ1) is 6.17. The van der Waals surface area contributed by atoms with Gasteiger partial charge in [-0.15, -0.1) is 0 Å². The van der Waals surface area contributed by atoms with Crippen LogP contribution in [0.15, 0.2) is 28.9 Å². The van der Waals surface area contributed by atoms with Gasteiger partial charge in [-0.3, -0.25) is 4.99 Å². The number of hydrogen-bond donors (Lipinski definition) is 0. The SMILES string of the molecule is N#CC1=CN2CC=NC2C=C1. The molecule has 1 unspecified atom stereocenters. The van der Waals surface area contributed by atoms with Gasteiger partial charge in [0.1, 0.15) is 12.2 Å². The van der Waals surface area contributed by atoms with E-state index in [9.17, 15) is 0 Å². The second kappa shape index (κ2) is 2.24. The molecule has 1 atom stereocenters. The first-order valence-corrected chi connectivity index (χ1v) is 3.47. The van der Waals surface area contributed by atoms with Crippen LogP contribution < -0.4 is 0 Å². The molecule has 0 aliphatic carbocycles. The Bertz CT molecular complexity index is 293. The first-order chi connectivity index (χ1) is 5.40. The van der Waals surface area contributed by atoms with E-state index in [-0.39, 0.29) is 6.17 Å². The van der Waals surface area contributed by atoms with E-state index in [2.05, 4.69) is 11.1 Å². The van der Waals surface area contributed by atoms with Crippen molar-refractivity contribution in [1.29, 1.82) is 5.26 Å². The van der Waals surface area contributed by atoms with Crippen molar-refractivity contribution in [2.45, 2.75) is 6.17 Å². The van der Waals surface area contributed by atoms with Gasteiger partial charge in [0.05, 0.1) is 12.1 Å². The molecule has 2 aliphatic heterocycles. The maximum Gasteiger partial charge on any atom is 0.140 e. The van der Waals surface area contributed by atoms with Crippen LogP contribution in [0.25, 0.3) is 0 Å². The lowest BCUT2D eigenvalue weighted by Crippen LogP contribution is -2.25. The summed E-state index contributed by atoms with van der Waals surface area (Å²) in [5.74, 6) is 0. The summed E-state index contributed by atoms with van der Waals surface area (Å²) >= 11 is 0. The van der Waals surface area contributed by atoms with Gasteiger partial charge in [-0.2, -0.15) is 5.26 Å². The number of nitriles is 1. The second-order valence-corrected chi connectivity index (χ2v) is 2.50. The summed E-state index contributed by atoms with van der Waals surface area (Å²) in [5.41, 5.74) is 0.701. The molecule has 0 aromatic carbocycles. The number of fused-ring (bicyclic) bond motifs is 1. The highest BCUT2D eigenvalue weighted by Gasteiger charge is 2.18. The lowest BCUT2D eigenvalue weighted by atomic mass is 10.2. The van der Waals surface area contributed by atoms with E-state index in [4.69, 9.17) is 5.26 Å². The minimum atomic E-state index is 0.145. The minimum absolute atomic E-state index is 0.145. The average Bonchev–Trinajstić information content (AvgIpc) is 2.50. The molecule has 54 valence electrons. The summed E-state index contributed by atoms with van der Waals surface area (Å²) in [7, 11) is 0. The molecule has 11 heavy (non-hydrogen) atoms. The number of rotatable bonds is 0. The lowest BCUT2D eigenvalue weighted by Gasteiger charge is -2.20.